The van der Waals surface area contributed by atoms with Gasteiger partial charge >= 0.3 is 0 Å². The van der Waals surface area contributed by atoms with Crippen molar-refractivity contribution in [1.82, 2.24) is 5.32 Å². The summed E-state index contributed by atoms with van der Waals surface area (Å²) in [5.41, 5.74) is 0. The first kappa shape index (κ1) is 9.34. The normalized spacial score (nSPS) is 12.9. The molecule has 0 heterocycles. The van der Waals surface area contributed by atoms with Crippen LogP contribution in [0, 0.1) is 5.92 Å². The predicted octanol–water partition coefficient (Wildman–Crippen LogP) is 1.74. The summed E-state index contributed by atoms with van der Waals surface area (Å²) in [7, 11) is 1.61. The van der Waals surface area contributed by atoms with Crippen LogP contribution in [0.25, 0.3) is 0 Å². The Bertz CT molecular complexity index is 110. The van der Waals surface area contributed by atoms with Gasteiger partial charge in [0.2, 0.25) is 0 Å². The Kier molecular flexibility index (Phi) is 3.93. The van der Waals surface area contributed by atoms with Crippen molar-refractivity contribution >= 4 is 0 Å². The van der Waals surface area contributed by atoms with E-state index in [-0.39, 0.29) is 0 Å². The lowest BCUT2D eigenvalue weighted by molar-refractivity contribution is 0.243. The van der Waals surface area contributed by atoms with Gasteiger partial charge in [-0.1, -0.05) is 13.8 Å². The van der Waals surface area contributed by atoms with Gasteiger partial charge in [-0.15, -0.1) is 0 Å². The van der Waals surface area contributed by atoms with E-state index in [0.717, 1.165) is 0 Å². The minimum atomic E-state index is 0.424. The van der Waals surface area contributed by atoms with E-state index in [4.69, 9.17) is 4.74 Å². The zero-order valence-corrected chi connectivity index (χ0v) is 7.27. The molecule has 0 bridgehead atoms. The molecule has 1 N–H and O–H groups in total. The SMILES string of the molecule is C=C(N[C@H](C)C(C)C)OC. The summed E-state index contributed by atoms with van der Waals surface area (Å²) in [6.07, 6.45) is 0. The van der Waals surface area contributed by atoms with Gasteiger partial charge in [0.25, 0.3) is 0 Å². The molecule has 0 saturated heterocycles. The molecular weight excluding hydrogens is 126 g/mol. The van der Waals surface area contributed by atoms with Crippen LogP contribution in [0.1, 0.15) is 20.8 Å². The average molecular weight is 143 g/mol. The summed E-state index contributed by atoms with van der Waals surface area (Å²) in [5, 5.41) is 3.11. The number of hydrogen-bond donors (Lipinski definition) is 1. The van der Waals surface area contributed by atoms with Crippen molar-refractivity contribution < 1.29 is 4.74 Å². The summed E-state index contributed by atoms with van der Waals surface area (Å²) >= 11 is 0. The Morgan fingerprint density at radius 1 is 1.40 bits per heavy atom. The van der Waals surface area contributed by atoms with Crippen molar-refractivity contribution in [2.45, 2.75) is 26.8 Å². The van der Waals surface area contributed by atoms with E-state index in [1.54, 1.807) is 7.11 Å². The Hall–Kier alpha value is -0.660. The monoisotopic (exact) mass is 143 g/mol. The van der Waals surface area contributed by atoms with E-state index in [9.17, 15) is 0 Å². The number of ether oxygens (including phenoxy) is 1. The fraction of sp³-hybridized carbons (Fsp3) is 0.750. The topological polar surface area (TPSA) is 21.3 Å². The molecule has 0 radical (unpaired) electrons. The second-order valence-corrected chi connectivity index (χ2v) is 2.80. The van der Waals surface area contributed by atoms with Crippen molar-refractivity contribution in [2.75, 3.05) is 7.11 Å². The largest absolute Gasteiger partial charge is 0.483 e. The van der Waals surface area contributed by atoms with Crippen LogP contribution in [0.15, 0.2) is 12.5 Å². The first-order valence-corrected chi connectivity index (χ1v) is 3.57. The van der Waals surface area contributed by atoms with Gasteiger partial charge in [0.1, 0.15) is 0 Å². The zero-order chi connectivity index (χ0) is 8.15. The van der Waals surface area contributed by atoms with Crippen LogP contribution in [-0.4, -0.2) is 13.2 Å². The van der Waals surface area contributed by atoms with Gasteiger partial charge < -0.3 is 10.1 Å². The molecule has 0 aliphatic carbocycles. The summed E-state index contributed by atoms with van der Waals surface area (Å²) in [5.74, 6) is 1.24. The maximum Gasteiger partial charge on any atom is 0.179 e. The summed E-state index contributed by atoms with van der Waals surface area (Å²) in [6, 6.07) is 0.424. The standard InChI is InChI=1S/C8H17NO/c1-6(2)7(3)9-8(4)10-5/h6-7,9H,4H2,1-3,5H3/t7-/m1/s1. The highest BCUT2D eigenvalue weighted by Crippen LogP contribution is 2.01. The Morgan fingerprint density at radius 3 is 2.20 bits per heavy atom. The van der Waals surface area contributed by atoms with E-state index in [2.05, 4.69) is 32.7 Å². The molecule has 2 nitrogen and oxygen atoms in total. The Morgan fingerprint density at radius 2 is 1.90 bits per heavy atom. The predicted molar refractivity (Wildman–Crippen MR) is 43.6 cm³/mol. The maximum absolute atomic E-state index is 4.87. The maximum atomic E-state index is 4.87. The second kappa shape index (κ2) is 4.20. The van der Waals surface area contributed by atoms with Crippen LogP contribution >= 0.6 is 0 Å². The van der Waals surface area contributed by atoms with Gasteiger partial charge in [0.05, 0.1) is 7.11 Å². The van der Waals surface area contributed by atoms with Gasteiger partial charge in [-0.25, -0.2) is 0 Å². The van der Waals surface area contributed by atoms with Gasteiger partial charge in [-0.3, -0.25) is 0 Å². The molecule has 0 aliphatic heterocycles. The highest BCUT2D eigenvalue weighted by Gasteiger charge is 2.05. The molecule has 0 aromatic carbocycles. The summed E-state index contributed by atoms with van der Waals surface area (Å²) in [6.45, 7) is 10.1. The molecule has 0 amide bonds. The molecule has 2 heteroatoms. The Labute approximate surface area is 63.3 Å². The fourth-order valence-corrected chi connectivity index (χ4v) is 0.480. The van der Waals surface area contributed by atoms with Crippen molar-refractivity contribution in [1.29, 1.82) is 0 Å². The highest BCUT2D eigenvalue weighted by molar-refractivity contribution is 4.82. The molecule has 0 aliphatic rings. The van der Waals surface area contributed by atoms with E-state index in [1.807, 2.05) is 0 Å². The third kappa shape index (κ3) is 3.38. The van der Waals surface area contributed by atoms with Crippen LogP contribution in [0.5, 0.6) is 0 Å². The molecule has 0 saturated carbocycles. The molecular formula is C8H17NO. The van der Waals surface area contributed by atoms with Crippen LogP contribution in [0.3, 0.4) is 0 Å². The first-order chi connectivity index (χ1) is 4.57. The summed E-state index contributed by atoms with van der Waals surface area (Å²) < 4.78 is 4.87. The molecule has 0 spiro atoms. The van der Waals surface area contributed by atoms with Crippen molar-refractivity contribution in [3.8, 4) is 0 Å². The van der Waals surface area contributed by atoms with E-state index < -0.39 is 0 Å². The second-order valence-electron chi connectivity index (χ2n) is 2.80. The minimum Gasteiger partial charge on any atom is -0.483 e. The van der Waals surface area contributed by atoms with Crippen LogP contribution < -0.4 is 5.32 Å². The molecule has 0 rings (SSSR count). The van der Waals surface area contributed by atoms with Crippen LogP contribution in [-0.2, 0) is 4.74 Å². The lowest BCUT2D eigenvalue weighted by Crippen LogP contribution is -2.30. The number of rotatable bonds is 4. The number of hydrogen-bond acceptors (Lipinski definition) is 2. The quantitative estimate of drug-likeness (QED) is 0.605. The van der Waals surface area contributed by atoms with Crippen LogP contribution in [0.2, 0.25) is 0 Å². The van der Waals surface area contributed by atoms with Gasteiger partial charge in [-0.05, 0) is 19.4 Å². The van der Waals surface area contributed by atoms with Crippen molar-refractivity contribution in [3.63, 3.8) is 0 Å². The van der Waals surface area contributed by atoms with Crippen molar-refractivity contribution in [2.24, 2.45) is 5.92 Å². The molecule has 10 heavy (non-hydrogen) atoms. The number of nitrogens with one attached hydrogen (secondary N) is 1. The van der Waals surface area contributed by atoms with Crippen molar-refractivity contribution in [3.05, 3.63) is 12.5 Å². The molecule has 60 valence electrons. The van der Waals surface area contributed by atoms with Gasteiger partial charge in [-0.2, -0.15) is 0 Å². The van der Waals surface area contributed by atoms with E-state index in [1.165, 1.54) is 0 Å². The van der Waals surface area contributed by atoms with Gasteiger partial charge in [0, 0.05) is 6.04 Å². The van der Waals surface area contributed by atoms with Crippen LogP contribution in [0.4, 0.5) is 0 Å². The summed E-state index contributed by atoms with van der Waals surface area (Å²) in [4.78, 5) is 0. The average Bonchev–Trinajstić information content (AvgIpc) is 1.87. The molecule has 1 atom stereocenters. The Balaban J connectivity index is 3.57. The van der Waals surface area contributed by atoms with E-state index in [0.29, 0.717) is 17.8 Å². The molecule has 0 unspecified atom stereocenters. The third-order valence-corrected chi connectivity index (χ3v) is 1.64. The molecule has 0 fully saturated rings. The smallest absolute Gasteiger partial charge is 0.179 e. The fourth-order valence-electron chi connectivity index (χ4n) is 0.480. The minimum absolute atomic E-state index is 0.424. The number of methoxy groups -OCH3 is 1. The zero-order valence-electron chi connectivity index (χ0n) is 7.27. The molecule has 0 aromatic heterocycles. The van der Waals surface area contributed by atoms with Gasteiger partial charge in [0.15, 0.2) is 5.88 Å². The lowest BCUT2D eigenvalue weighted by Gasteiger charge is -2.18. The van der Waals surface area contributed by atoms with E-state index >= 15 is 0 Å². The first-order valence-electron chi connectivity index (χ1n) is 3.57. The highest BCUT2D eigenvalue weighted by atomic mass is 16.5. The molecule has 0 aromatic rings. The lowest BCUT2D eigenvalue weighted by atomic mass is 10.1. The third-order valence-electron chi connectivity index (χ3n) is 1.64.